The zero-order chi connectivity index (χ0) is 16.7. The fourth-order valence-electron chi connectivity index (χ4n) is 1.97. The van der Waals surface area contributed by atoms with E-state index in [9.17, 15) is 9.90 Å². The van der Waals surface area contributed by atoms with Gasteiger partial charge in [-0.15, -0.1) is 12.4 Å². The summed E-state index contributed by atoms with van der Waals surface area (Å²) < 4.78 is 10.3. The van der Waals surface area contributed by atoms with Crippen molar-refractivity contribution in [1.29, 1.82) is 0 Å². The van der Waals surface area contributed by atoms with Crippen molar-refractivity contribution in [3.05, 3.63) is 23.8 Å². The summed E-state index contributed by atoms with van der Waals surface area (Å²) in [5.41, 5.74) is 6.46. The van der Waals surface area contributed by atoms with Crippen molar-refractivity contribution in [3.63, 3.8) is 0 Å². The lowest BCUT2D eigenvalue weighted by molar-refractivity contribution is -0.123. The highest BCUT2D eigenvalue weighted by Crippen LogP contribution is 2.26. The number of rotatable bonds is 8. The Morgan fingerprint density at radius 3 is 2.22 bits per heavy atom. The van der Waals surface area contributed by atoms with E-state index in [-0.39, 0.29) is 30.8 Å². The molecular weight excluding hydrogens is 320 g/mol. The average Bonchev–Trinajstić information content (AvgIpc) is 2.56. The molecule has 1 rings (SSSR count). The summed E-state index contributed by atoms with van der Waals surface area (Å²) >= 11 is 0. The van der Waals surface area contributed by atoms with Crippen LogP contribution in [0.2, 0.25) is 0 Å². The first-order chi connectivity index (χ1) is 10.4. The third-order valence-corrected chi connectivity index (χ3v) is 3.79. The van der Waals surface area contributed by atoms with Crippen LogP contribution in [0.4, 0.5) is 0 Å². The van der Waals surface area contributed by atoms with Gasteiger partial charge in [0.25, 0.3) is 0 Å². The number of aliphatic hydroxyl groups is 1. The van der Waals surface area contributed by atoms with E-state index >= 15 is 0 Å². The van der Waals surface area contributed by atoms with Gasteiger partial charge >= 0.3 is 0 Å². The van der Waals surface area contributed by atoms with E-state index in [1.807, 2.05) is 13.8 Å². The Labute approximate surface area is 143 Å². The standard InChI is InChI=1S/C16H26N2O4.ClH/c1-5-10(2)15(17)16(20)18-9-14(19)11-6-12(21-3)8-13(7-11)22-4;/h6-8,10,14-15,19H,5,9,17H2,1-4H3,(H,18,20);1H. The van der Waals surface area contributed by atoms with Crippen molar-refractivity contribution >= 4 is 18.3 Å². The van der Waals surface area contributed by atoms with Crippen LogP contribution in [0.25, 0.3) is 0 Å². The summed E-state index contributed by atoms with van der Waals surface area (Å²) in [4.78, 5) is 11.9. The van der Waals surface area contributed by atoms with Gasteiger partial charge in [0, 0.05) is 12.6 Å². The van der Waals surface area contributed by atoms with Crippen LogP contribution in [-0.2, 0) is 4.79 Å². The molecule has 1 amide bonds. The van der Waals surface area contributed by atoms with Crippen LogP contribution in [0.1, 0.15) is 31.9 Å². The first kappa shape index (κ1) is 21.5. The fraction of sp³-hybridized carbons (Fsp3) is 0.562. The Hall–Kier alpha value is -1.50. The summed E-state index contributed by atoms with van der Waals surface area (Å²) in [6.45, 7) is 3.99. The first-order valence-electron chi connectivity index (χ1n) is 7.37. The Morgan fingerprint density at radius 1 is 1.26 bits per heavy atom. The molecule has 3 unspecified atom stereocenters. The fourth-order valence-corrected chi connectivity index (χ4v) is 1.97. The molecule has 4 N–H and O–H groups in total. The number of hydrogen-bond donors (Lipinski definition) is 3. The number of ether oxygens (including phenoxy) is 2. The van der Waals surface area contributed by atoms with Gasteiger partial charge in [-0.05, 0) is 23.6 Å². The van der Waals surface area contributed by atoms with E-state index in [0.29, 0.717) is 17.1 Å². The minimum absolute atomic E-state index is 0. The lowest BCUT2D eigenvalue weighted by atomic mass is 9.99. The number of nitrogens with two attached hydrogens (primary N) is 1. The molecule has 0 aliphatic rings. The molecule has 0 bridgehead atoms. The molecule has 1 aromatic carbocycles. The predicted molar refractivity (Wildman–Crippen MR) is 92.2 cm³/mol. The van der Waals surface area contributed by atoms with Gasteiger partial charge in [-0.3, -0.25) is 4.79 Å². The molecule has 0 fully saturated rings. The van der Waals surface area contributed by atoms with Gasteiger partial charge in [-0.2, -0.15) is 0 Å². The highest BCUT2D eigenvalue weighted by Gasteiger charge is 2.20. The first-order valence-corrected chi connectivity index (χ1v) is 7.37. The minimum atomic E-state index is -0.864. The van der Waals surface area contributed by atoms with E-state index in [1.54, 1.807) is 18.2 Å². The molecule has 132 valence electrons. The Morgan fingerprint density at radius 2 is 1.78 bits per heavy atom. The Kier molecular flexibility index (Phi) is 9.64. The Bertz CT molecular complexity index is 477. The second-order valence-corrected chi connectivity index (χ2v) is 5.32. The molecule has 0 saturated carbocycles. The molecule has 7 heteroatoms. The largest absolute Gasteiger partial charge is 0.497 e. The molecule has 0 aliphatic heterocycles. The third kappa shape index (κ3) is 6.25. The van der Waals surface area contributed by atoms with Crippen molar-refractivity contribution in [2.75, 3.05) is 20.8 Å². The van der Waals surface area contributed by atoms with Gasteiger partial charge in [0.15, 0.2) is 0 Å². The topological polar surface area (TPSA) is 93.8 Å². The lowest BCUT2D eigenvalue weighted by Crippen LogP contribution is -2.45. The summed E-state index contributed by atoms with van der Waals surface area (Å²) in [6.07, 6.45) is -0.0402. The second-order valence-electron chi connectivity index (χ2n) is 5.32. The van der Waals surface area contributed by atoms with Gasteiger partial charge in [0.2, 0.25) is 5.91 Å². The van der Waals surface area contributed by atoms with Gasteiger partial charge in [-0.1, -0.05) is 20.3 Å². The molecule has 0 radical (unpaired) electrons. The van der Waals surface area contributed by atoms with E-state index in [4.69, 9.17) is 15.2 Å². The molecule has 1 aromatic rings. The molecule has 3 atom stereocenters. The summed E-state index contributed by atoms with van der Waals surface area (Å²) in [5, 5.41) is 12.9. The van der Waals surface area contributed by atoms with Crippen molar-refractivity contribution in [3.8, 4) is 11.5 Å². The highest BCUT2D eigenvalue weighted by atomic mass is 35.5. The third-order valence-electron chi connectivity index (χ3n) is 3.79. The normalized spacial score (nSPS) is 14.2. The van der Waals surface area contributed by atoms with Crippen LogP contribution in [0.3, 0.4) is 0 Å². The van der Waals surface area contributed by atoms with E-state index in [0.717, 1.165) is 6.42 Å². The van der Waals surface area contributed by atoms with Crippen LogP contribution in [0.15, 0.2) is 18.2 Å². The summed E-state index contributed by atoms with van der Waals surface area (Å²) in [7, 11) is 3.08. The molecule has 0 saturated heterocycles. The second kappa shape index (κ2) is 10.3. The quantitative estimate of drug-likeness (QED) is 0.665. The average molecular weight is 347 g/mol. The lowest BCUT2D eigenvalue weighted by Gasteiger charge is -2.19. The van der Waals surface area contributed by atoms with Crippen LogP contribution in [0.5, 0.6) is 11.5 Å². The number of methoxy groups -OCH3 is 2. The van der Waals surface area contributed by atoms with Gasteiger partial charge in [0.1, 0.15) is 11.5 Å². The maximum Gasteiger partial charge on any atom is 0.237 e. The summed E-state index contributed by atoms with van der Waals surface area (Å²) in [6, 6.07) is 4.55. The van der Waals surface area contributed by atoms with E-state index in [2.05, 4.69) is 5.32 Å². The van der Waals surface area contributed by atoms with E-state index in [1.165, 1.54) is 14.2 Å². The number of hydrogen-bond acceptors (Lipinski definition) is 5. The number of carbonyl (C=O) groups is 1. The van der Waals surface area contributed by atoms with Crippen LogP contribution in [-0.4, -0.2) is 37.8 Å². The molecule has 0 aliphatic carbocycles. The minimum Gasteiger partial charge on any atom is -0.497 e. The number of amides is 1. The van der Waals surface area contributed by atoms with E-state index < -0.39 is 12.1 Å². The number of benzene rings is 1. The number of halogens is 1. The molecule has 23 heavy (non-hydrogen) atoms. The zero-order valence-electron chi connectivity index (χ0n) is 14.0. The number of nitrogens with one attached hydrogen (secondary N) is 1. The van der Waals surface area contributed by atoms with Crippen molar-refractivity contribution in [1.82, 2.24) is 5.32 Å². The SMILES string of the molecule is CCC(C)C(N)C(=O)NCC(O)c1cc(OC)cc(OC)c1.Cl. The highest BCUT2D eigenvalue weighted by molar-refractivity contribution is 5.85. The Balaban J connectivity index is 0.00000484. The molecule has 0 heterocycles. The molecule has 6 nitrogen and oxygen atoms in total. The number of aliphatic hydroxyl groups excluding tert-OH is 1. The molecular formula is C16H27ClN2O4. The molecule has 0 aromatic heterocycles. The maximum absolute atomic E-state index is 11.9. The smallest absolute Gasteiger partial charge is 0.237 e. The molecule has 0 spiro atoms. The summed E-state index contributed by atoms with van der Waals surface area (Å²) in [5.74, 6) is 0.990. The van der Waals surface area contributed by atoms with Crippen molar-refractivity contribution in [2.45, 2.75) is 32.4 Å². The maximum atomic E-state index is 11.9. The van der Waals surface area contributed by atoms with Gasteiger partial charge < -0.3 is 25.6 Å². The van der Waals surface area contributed by atoms with Crippen molar-refractivity contribution < 1.29 is 19.4 Å². The van der Waals surface area contributed by atoms with Crippen LogP contribution >= 0.6 is 12.4 Å². The van der Waals surface area contributed by atoms with Crippen molar-refractivity contribution in [2.24, 2.45) is 11.7 Å². The van der Waals surface area contributed by atoms with Crippen LogP contribution in [0, 0.1) is 5.92 Å². The van der Waals surface area contributed by atoms with Gasteiger partial charge in [-0.25, -0.2) is 0 Å². The van der Waals surface area contributed by atoms with Crippen LogP contribution < -0.4 is 20.5 Å². The zero-order valence-corrected chi connectivity index (χ0v) is 14.9. The monoisotopic (exact) mass is 346 g/mol. The number of carbonyl (C=O) groups excluding carboxylic acids is 1. The predicted octanol–water partition coefficient (Wildman–Crippen LogP) is 1.65. The van der Waals surface area contributed by atoms with Gasteiger partial charge in [0.05, 0.1) is 26.4 Å².